The van der Waals surface area contributed by atoms with Gasteiger partial charge in [-0.05, 0) is 48.0 Å². The van der Waals surface area contributed by atoms with Crippen molar-refractivity contribution in [1.82, 2.24) is 5.32 Å². The first-order chi connectivity index (χ1) is 8.41. The van der Waals surface area contributed by atoms with Crippen LogP contribution >= 0.6 is 15.9 Å². The largest absolute Gasteiger partial charge is 0.343 e. The lowest BCUT2D eigenvalue weighted by Gasteiger charge is -2.36. The van der Waals surface area contributed by atoms with Gasteiger partial charge in [0.2, 0.25) is 11.8 Å². The van der Waals surface area contributed by atoms with Gasteiger partial charge in [-0.2, -0.15) is 0 Å². The van der Waals surface area contributed by atoms with E-state index in [-0.39, 0.29) is 16.3 Å². The third-order valence-corrected chi connectivity index (χ3v) is 3.52. The molecule has 2 unspecified atom stereocenters. The zero-order chi connectivity index (χ0) is 13.4. The molecule has 1 N–H and O–H groups in total. The van der Waals surface area contributed by atoms with Crippen LogP contribution < -0.4 is 10.2 Å². The van der Waals surface area contributed by atoms with Gasteiger partial charge in [0.1, 0.15) is 17.9 Å². The number of hydrogen-bond donors (Lipinski definition) is 1. The summed E-state index contributed by atoms with van der Waals surface area (Å²) in [5.74, 6) is -0.837. The average molecular weight is 315 g/mol. The van der Waals surface area contributed by atoms with Crippen LogP contribution in [0.25, 0.3) is 0 Å². The fraction of sp³-hybridized carbons (Fsp3) is 0.333. The minimum Gasteiger partial charge on any atom is -0.343 e. The normalized spacial score (nSPS) is 24.1. The van der Waals surface area contributed by atoms with Crippen LogP contribution in [0.2, 0.25) is 0 Å². The summed E-state index contributed by atoms with van der Waals surface area (Å²) in [6.45, 7) is 3.26. The van der Waals surface area contributed by atoms with E-state index >= 15 is 0 Å². The summed E-state index contributed by atoms with van der Waals surface area (Å²) in [7, 11) is 0. The number of carbonyl (C=O) groups is 2. The summed E-state index contributed by atoms with van der Waals surface area (Å²) in [6, 6.07) is 3.06. The monoisotopic (exact) mass is 314 g/mol. The standard InChI is InChI=1S/C12H12BrFN2O2/c1-6-12(18)16(7(2)11(17)15-6)8-3-4-10(14)9(13)5-8/h3-7H,1-2H3,(H,15,17). The van der Waals surface area contributed by atoms with Crippen molar-refractivity contribution in [1.29, 1.82) is 0 Å². The lowest BCUT2D eigenvalue weighted by molar-refractivity contribution is -0.133. The topological polar surface area (TPSA) is 49.4 Å². The third kappa shape index (κ3) is 2.12. The molecule has 1 fully saturated rings. The van der Waals surface area contributed by atoms with E-state index in [0.717, 1.165) is 0 Å². The second kappa shape index (κ2) is 4.68. The molecule has 2 atom stereocenters. The first-order valence-corrected chi connectivity index (χ1v) is 6.29. The maximum absolute atomic E-state index is 13.2. The van der Waals surface area contributed by atoms with Crippen molar-refractivity contribution in [2.24, 2.45) is 0 Å². The van der Waals surface area contributed by atoms with E-state index in [1.807, 2.05) is 0 Å². The van der Waals surface area contributed by atoms with Crippen LogP contribution in [-0.4, -0.2) is 23.9 Å². The molecule has 1 saturated heterocycles. The maximum atomic E-state index is 13.2. The van der Waals surface area contributed by atoms with Gasteiger partial charge in [0.15, 0.2) is 0 Å². The summed E-state index contributed by atoms with van der Waals surface area (Å²) >= 11 is 3.07. The second-order valence-corrected chi connectivity index (χ2v) is 5.07. The Morgan fingerprint density at radius 3 is 2.61 bits per heavy atom. The van der Waals surface area contributed by atoms with Crippen LogP contribution in [0.5, 0.6) is 0 Å². The fourth-order valence-corrected chi connectivity index (χ4v) is 2.26. The van der Waals surface area contributed by atoms with E-state index < -0.39 is 17.9 Å². The molecule has 2 amide bonds. The summed E-state index contributed by atoms with van der Waals surface area (Å²) in [4.78, 5) is 25.2. The predicted octanol–water partition coefficient (Wildman–Crippen LogP) is 1.83. The molecule has 0 radical (unpaired) electrons. The van der Waals surface area contributed by atoms with Gasteiger partial charge in [-0.3, -0.25) is 14.5 Å². The first-order valence-electron chi connectivity index (χ1n) is 5.50. The molecule has 1 aromatic rings. The summed E-state index contributed by atoms with van der Waals surface area (Å²) in [5, 5.41) is 2.59. The van der Waals surface area contributed by atoms with E-state index in [1.165, 1.54) is 23.1 Å². The fourth-order valence-electron chi connectivity index (χ4n) is 1.90. The van der Waals surface area contributed by atoms with Gasteiger partial charge in [-0.25, -0.2) is 4.39 Å². The molecular formula is C12H12BrFN2O2. The van der Waals surface area contributed by atoms with Gasteiger partial charge in [0.05, 0.1) is 4.47 Å². The van der Waals surface area contributed by atoms with Crippen LogP contribution in [-0.2, 0) is 9.59 Å². The van der Waals surface area contributed by atoms with Crippen molar-refractivity contribution in [2.45, 2.75) is 25.9 Å². The zero-order valence-corrected chi connectivity index (χ0v) is 11.5. The van der Waals surface area contributed by atoms with Crippen LogP contribution in [0.3, 0.4) is 0 Å². The predicted molar refractivity (Wildman–Crippen MR) is 68.7 cm³/mol. The first kappa shape index (κ1) is 13.0. The van der Waals surface area contributed by atoms with Crippen molar-refractivity contribution in [3.8, 4) is 0 Å². The number of amides is 2. The van der Waals surface area contributed by atoms with E-state index in [9.17, 15) is 14.0 Å². The molecule has 1 aromatic carbocycles. The van der Waals surface area contributed by atoms with Crippen molar-refractivity contribution in [2.75, 3.05) is 4.90 Å². The molecule has 96 valence electrons. The molecule has 18 heavy (non-hydrogen) atoms. The van der Waals surface area contributed by atoms with Crippen molar-refractivity contribution >= 4 is 33.4 Å². The van der Waals surface area contributed by atoms with Crippen molar-refractivity contribution in [3.63, 3.8) is 0 Å². The Morgan fingerprint density at radius 2 is 2.00 bits per heavy atom. The number of rotatable bonds is 1. The van der Waals surface area contributed by atoms with Gasteiger partial charge in [-0.1, -0.05) is 0 Å². The Bertz CT molecular complexity index is 521. The number of piperazine rings is 1. The lowest BCUT2D eigenvalue weighted by Crippen LogP contribution is -2.61. The number of anilines is 1. The van der Waals surface area contributed by atoms with E-state index in [4.69, 9.17) is 0 Å². The molecule has 2 rings (SSSR count). The molecule has 1 aliphatic rings. The highest BCUT2D eigenvalue weighted by Gasteiger charge is 2.36. The molecule has 1 aliphatic heterocycles. The highest BCUT2D eigenvalue weighted by atomic mass is 79.9. The quantitative estimate of drug-likeness (QED) is 0.859. The van der Waals surface area contributed by atoms with E-state index in [2.05, 4.69) is 21.2 Å². The van der Waals surface area contributed by atoms with Crippen molar-refractivity contribution < 1.29 is 14.0 Å². The Labute approximate surface area is 112 Å². The molecule has 0 aliphatic carbocycles. The Morgan fingerprint density at radius 1 is 1.33 bits per heavy atom. The molecule has 6 heteroatoms. The van der Waals surface area contributed by atoms with Gasteiger partial charge < -0.3 is 5.32 Å². The molecule has 0 spiro atoms. The summed E-state index contributed by atoms with van der Waals surface area (Å²) < 4.78 is 13.4. The zero-order valence-electron chi connectivity index (χ0n) is 9.91. The van der Waals surface area contributed by atoms with Crippen LogP contribution in [0.1, 0.15) is 13.8 Å². The Hall–Kier alpha value is -1.43. The van der Waals surface area contributed by atoms with Crippen LogP contribution in [0.15, 0.2) is 22.7 Å². The van der Waals surface area contributed by atoms with Crippen molar-refractivity contribution in [3.05, 3.63) is 28.5 Å². The van der Waals surface area contributed by atoms with Gasteiger partial charge >= 0.3 is 0 Å². The maximum Gasteiger partial charge on any atom is 0.250 e. The molecule has 0 saturated carbocycles. The molecule has 0 bridgehead atoms. The van der Waals surface area contributed by atoms with E-state index in [1.54, 1.807) is 13.8 Å². The Kier molecular flexibility index (Phi) is 3.38. The summed E-state index contributed by atoms with van der Waals surface area (Å²) in [6.07, 6.45) is 0. The molecule has 0 aromatic heterocycles. The number of halogens is 2. The smallest absolute Gasteiger partial charge is 0.250 e. The number of carbonyl (C=O) groups excluding carboxylic acids is 2. The second-order valence-electron chi connectivity index (χ2n) is 4.21. The number of hydrogen-bond acceptors (Lipinski definition) is 2. The van der Waals surface area contributed by atoms with Gasteiger partial charge in [0, 0.05) is 5.69 Å². The third-order valence-electron chi connectivity index (χ3n) is 2.91. The lowest BCUT2D eigenvalue weighted by atomic mass is 10.1. The highest BCUT2D eigenvalue weighted by molar-refractivity contribution is 9.10. The summed E-state index contributed by atoms with van der Waals surface area (Å²) in [5.41, 5.74) is 0.502. The van der Waals surface area contributed by atoms with Crippen LogP contribution in [0.4, 0.5) is 10.1 Å². The average Bonchev–Trinajstić information content (AvgIpc) is 2.31. The van der Waals surface area contributed by atoms with Crippen LogP contribution in [0, 0.1) is 5.82 Å². The SMILES string of the molecule is CC1NC(=O)C(C)N(c2ccc(F)c(Br)c2)C1=O. The van der Waals surface area contributed by atoms with Gasteiger partial charge in [0.25, 0.3) is 0 Å². The highest BCUT2D eigenvalue weighted by Crippen LogP contribution is 2.26. The molecule has 1 heterocycles. The Balaban J connectivity index is 2.43. The van der Waals surface area contributed by atoms with E-state index in [0.29, 0.717) is 5.69 Å². The minimum atomic E-state index is -0.605. The molecule has 4 nitrogen and oxygen atoms in total. The number of nitrogens with zero attached hydrogens (tertiary/aromatic N) is 1. The minimum absolute atomic E-state index is 0.208. The van der Waals surface area contributed by atoms with Gasteiger partial charge in [-0.15, -0.1) is 0 Å². The molecular weight excluding hydrogens is 303 g/mol. The number of benzene rings is 1. The number of nitrogens with one attached hydrogen (secondary N) is 1.